The van der Waals surface area contributed by atoms with Crippen LogP contribution in [0.1, 0.15) is 54.6 Å². The summed E-state index contributed by atoms with van der Waals surface area (Å²) in [5, 5.41) is 4.89. The van der Waals surface area contributed by atoms with Gasteiger partial charge in [-0.2, -0.15) is 0 Å². The van der Waals surface area contributed by atoms with Crippen molar-refractivity contribution in [2.24, 2.45) is 0 Å². The third-order valence-corrected chi connectivity index (χ3v) is 5.91. The summed E-state index contributed by atoms with van der Waals surface area (Å²) in [5.41, 5.74) is 1.43. The molecule has 3 rings (SSSR count). The van der Waals surface area contributed by atoms with Gasteiger partial charge in [-0.15, -0.1) is 11.3 Å². The van der Waals surface area contributed by atoms with Crippen LogP contribution in [0.15, 0.2) is 0 Å². The number of aromatic nitrogens is 1. The fourth-order valence-electron chi connectivity index (χ4n) is 3.38. The zero-order chi connectivity index (χ0) is 13.3. The van der Waals surface area contributed by atoms with Crippen LogP contribution < -0.4 is 5.32 Å². The van der Waals surface area contributed by atoms with E-state index in [0.717, 1.165) is 25.9 Å². The van der Waals surface area contributed by atoms with Gasteiger partial charge in [0, 0.05) is 11.5 Å². The first-order valence-electron chi connectivity index (χ1n) is 7.57. The molecule has 0 spiro atoms. The van der Waals surface area contributed by atoms with Gasteiger partial charge >= 0.3 is 0 Å². The maximum atomic E-state index is 5.91. The quantitative estimate of drug-likeness (QED) is 0.920. The zero-order valence-corrected chi connectivity index (χ0v) is 12.8. The van der Waals surface area contributed by atoms with Crippen molar-refractivity contribution >= 4 is 11.3 Å². The van der Waals surface area contributed by atoms with Gasteiger partial charge < -0.3 is 10.1 Å². The van der Waals surface area contributed by atoms with E-state index in [-0.39, 0.29) is 5.54 Å². The Kier molecular flexibility index (Phi) is 3.92. The lowest BCUT2D eigenvalue weighted by Crippen LogP contribution is -2.47. The lowest BCUT2D eigenvalue weighted by atomic mass is 9.86. The van der Waals surface area contributed by atoms with E-state index < -0.39 is 0 Å². The van der Waals surface area contributed by atoms with Gasteiger partial charge in [0.05, 0.1) is 17.3 Å². The highest BCUT2D eigenvalue weighted by atomic mass is 32.1. The molecule has 0 aromatic carbocycles. The van der Waals surface area contributed by atoms with Gasteiger partial charge in [-0.05, 0) is 45.6 Å². The van der Waals surface area contributed by atoms with Crippen LogP contribution in [0, 0.1) is 0 Å². The lowest BCUT2D eigenvalue weighted by Gasteiger charge is -2.39. The molecule has 1 fully saturated rings. The molecule has 0 radical (unpaired) electrons. The normalized spacial score (nSPS) is 30.5. The van der Waals surface area contributed by atoms with E-state index in [4.69, 9.17) is 9.72 Å². The van der Waals surface area contributed by atoms with Crippen LogP contribution in [-0.2, 0) is 23.1 Å². The molecule has 2 aliphatic rings. The first-order valence-corrected chi connectivity index (χ1v) is 8.38. The summed E-state index contributed by atoms with van der Waals surface area (Å²) in [7, 11) is 2.08. The van der Waals surface area contributed by atoms with Gasteiger partial charge in [0.2, 0.25) is 0 Å². The van der Waals surface area contributed by atoms with E-state index in [0.29, 0.717) is 6.10 Å². The Morgan fingerprint density at radius 1 is 1.47 bits per heavy atom. The van der Waals surface area contributed by atoms with E-state index in [2.05, 4.69) is 19.3 Å². The van der Waals surface area contributed by atoms with Gasteiger partial charge in [-0.25, -0.2) is 4.98 Å². The number of rotatable bonds is 4. The maximum Gasteiger partial charge on any atom is 0.113 e. The average Bonchev–Trinajstić information content (AvgIpc) is 3.00. The third-order valence-electron chi connectivity index (χ3n) is 4.55. The number of aryl methyl sites for hydroxylation is 2. The summed E-state index contributed by atoms with van der Waals surface area (Å²) in [4.78, 5) is 6.48. The SMILES string of the molecule is CCCC1CC(NC)(c2nc3c(s2)CCC3)CCO1. The molecule has 4 heteroatoms. The van der Waals surface area contributed by atoms with Crippen LogP contribution >= 0.6 is 11.3 Å². The molecule has 0 saturated carbocycles. The fraction of sp³-hybridized carbons (Fsp3) is 0.800. The molecule has 3 nitrogen and oxygen atoms in total. The Morgan fingerprint density at radius 2 is 2.37 bits per heavy atom. The maximum absolute atomic E-state index is 5.91. The zero-order valence-electron chi connectivity index (χ0n) is 12.0. The number of nitrogens with one attached hydrogen (secondary N) is 1. The van der Waals surface area contributed by atoms with Crippen LogP contribution in [0.25, 0.3) is 0 Å². The second-order valence-electron chi connectivity index (χ2n) is 5.81. The van der Waals surface area contributed by atoms with Gasteiger partial charge in [-0.3, -0.25) is 0 Å². The van der Waals surface area contributed by atoms with Crippen LogP contribution in [0.3, 0.4) is 0 Å². The molecule has 1 aromatic rings. The van der Waals surface area contributed by atoms with Crippen LogP contribution in [0.5, 0.6) is 0 Å². The topological polar surface area (TPSA) is 34.2 Å². The highest BCUT2D eigenvalue weighted by molar-refractivity contribution is 7.12. The predicted octanol–water partition coefficient (Wildman–Crippen LogP) is 3.03. The summed E-state index contributed by atoms with van der Waals surface area (Å²) in [6.07, 6.45) is 8.59. The summed E-state index contributed by atoms with van der Waals surface area (Å²) >= 11 is 1.94. The number of nitrogens with zero attached hydrogens (tertiary/aromatic N) is 1. The van der Waals surface area contributed by atoms with Crippen molar-refractivity contribution in [2.75, 3.05) is 13.7 Å². The first-order chi connectivity index (χ1) is 9.27. The standard InChI is InChI=1S/C15H24N2OS/c1-3-5-11-10-15(16-2,8-9-18-11)14-17-12-6-4-7-13(12)19-14/h11,16H,3-10H2,1-2H3. The largest absolute Gasteiger partial charge is 0.378 e. The Balaban J connectivity index is 1.84. The molecule has 106 valence electrons. The molecule has 1 aromatic heterocycles. The molecule has 0 amide bonds. The summed E-state index contributed by atoms with van der Waals surface area (Å²) < 4.78 is 5.91. The Bertz CT molecular complexity index is 422. The fourth-order valence-corrected chi connectivity index (χ4v) is 4.76. The molecule has 1 aliphatic heterocycles. The highest BCUT2D eigenvalue weighted by Gasteiger charge is 2.40. The molecular formula is C15H24N2OS. The van der Waals surface area contributed by atoms with Crippen molar-refractivity contribution in [3.63, 3.8) is 0 Å². The van der Waals surface area contributed by atoms with Gasteiger partial charge in [-0.1, -0.05) is 13.3 Å². The van der Waals surface area contributed by atoms with Crippen molar-refractivity contribution in [1.82, 2.24) is 10.3 Å². The third kappa shape index (κ3) is 2.46. The molecule has 0 bridgehead atoms. The van der Waals surface area contributed by atoms with Crippen molar-refractivity contribution in [3.05, 3.63) is 15.6 Å². The monoisotopic (exact) mass is 280 g/mol. The van der Waals surface area contributed by atoms with E-state index in [9.17, 15) is 0 Å². The minimum Gasteiger partial charge on any atom is -0.378 e. The number of thiazole rings is 1. The summed E-state index contributed by atoms with van der Waals surface area (Å²) in [5.74, 6) is 0. The second kappa shape index (κ2) is 5.51. The molecule has 2 heterocycles. The average molecular weight is 280 g/mol. The molecular weight excluding hydrogens is 256 g/mol. The van der Waals surface area contributed by atoms with E-state index in [1.54, 1.807) is 0 Å². The Hall–Kier alpha value is -0.450. The first kappa shape index (κ1) is 13.5. The lowest BCUT2D eigenvalue weighted by molar-refractivity contribution is -0.0330. The highest BCUT2D eigenvalue weighted by Crippen LogP contribution is 2.40. The number of hydrogen-bond donors (Lipinski definition) is 1. The molecule has 1 saturated heterocycles. The van der Waals surface area contributed by atoms with Crippen LogP contribution in [-0.4, -0.2) is 24.7 Å². The second-order valence-corrected chi connectivity index (χ2v) is 6.89. The van der Waals surface area contributed by atoms with E-state index >= 15 is 0 Å². The van der Waals surface area contributed by atoms with Gasteiger partial charge in [0.15, 0.2) is 0 Å². The molecule has 2 atom stereocenters. The smallest absolute Gasteiger partial charge is 0.113 e. The van der Waals surface area contributed by atoms with Crippen LogP contribution in [0.4, 0.5) is 0 Å². The minimum absolute atomic E-state index is 0.0626. The number of ether oxygens (including phenoxy) is 1. The Morgan fingerprint density at radius 3 is 3.11 bits per heavy atom. The van der Waals surface area contributed by atoms with Gasteiger partial charge in [0.25, 0.3) is 0 Å². The van der Waals surface area contributed by atoms with E-state index in [1.165, 1.54) is 41.3 Å². The van der Waals surface area contributed by atoms with Crippen molar-refractivity contribution < 1.29 is 4.74 Å². The summed E-state index contributed by atoms with van der Waals surface area (Å²) in [6, 6.07) is 0. The molecule has 19 heavy (non-hydrogen) atoms. The molecule has 2 unspecified atom stereocenters. The van der Waals surface area contributed by atoms with Crippen molar-refractivity contribution in [1.29, 1.82) is 0 Å². The predicted molar refractivity (Wildman–Crippen MR) is 78.8 cm³/mol. The van der Waals surface area contributed by atoms with Crippen molar-refractivity contribution in [3.8, 4) is 0 Å². The summed E-state index contributed by atoms with van der Waals surface area (Å²) in [6.45, 7) is 3.09. The minimum atomic E-state index is 0.0626. The van der Waals surface area contributed by atoms with Gasteiger partial charge in [0.1, 0.15) is 5.01 Å². The number of fused-ring (bicyclic) bond motifs is 1. The Labute approximate surface area is 119 Å². The molecule has 1 N–H and O–H groups in total. The molecule has 1 aliphatic carbocycles. The van der Waals surface area contributed by atoms with E-state index in [1.807, 2.05) is 11.3 Å². The van der Waals surface area contributed by atoms with Crippen molar-refractivity contribution in [2.45, 2.75) is 63.5 Å². The van der Waals surface area contributed by atoms with Crippen LogP contribution in [0.2, 0.25) is 0 Å². The number of hydrogen-bond acceptors (Lipinski definition) is 4.